The number of rotatable bonds is 0. The molecule has 17 heavy (non-hydrogen) atoms. The Morgan fingerprint density at radius 2 is 1.94 bits per heavy atom. The Bertz CT molecular complexity index is 750. The van der Waals surface area contributed by atoms with E-state index < -0.39 is 23.0 Å². The Morgan fingerprint density at radius 1 is 1.18 bits per heavy atom. The molecule has 0 aliphatic rings. The molecule has 0 spiro atoms. The average Bonchev–Trinajstić information content (AvgIpc) is 2.65. The number of halogens is 3. The molecular formula is C10H5F3N4. The molecule has 0 amide bonds. The maximum absolute atomic E-state index is 13.6. The number of nitrogens with zero attached hydrogens (tertiary/aromatic N) is 4. The summed E-state index contributed by atoms with van der Waals surface area (Å²) in [6, 6.07) is 2.22. The number of aryl methyl sites for hydroxylation is 1. The van der Waals surface area contributed by atoms with Gasteiger partial charge in [0.1, 0.15) is 5.52 Å². The Morgan fingerprint density at radius 3 is 2.71 bits per heavy atom. The normalized spacial score (nSPS) is 11.5. The van der Waals surface area contributed by atoms with Gasteiger partial charge in [-0.2, -0.15) is 9.37 Å². The molecule has 0 radical (unpaired) electrons. The maximum atomic E-state index is 13.6. The summed E-state index contributed by atoms with van der Waals surface area (Å²) in [5.74, 6) is -3.46. The van der Waals surface area contributed by atoms with Crippen LogP contribution in [0.1, 0.15) is 0 Å². The molecule has 2 aromatic heterocycles. The first-order valence-electron chi connectivity index (χ1n) is 4.72. The molecular weight excluding hydrogens is 233 g/mol. The zero-order chi connectivity index (χ0) is 12.2. The van der Waals surface area contributed by atoms with E-state index in [0.29, 0.717) is 5.52 Å². The minimum absolute atomic E-state index is 0.0588. The van der Waals surface area contributed by atoms with E-state index in [-0.39, 0.29) is 11.0 Å². The van der Waals surface area contributed by atoms with Gasteiger partial charge in [-0.3, -0.25) is 0 Å². The summed E-state index contributed by atoms with van der Waals surface area (Å²) in [5.41, 5.74) is 0.420. The standard InChI is InChI=1S/C10H5F3N4/c1-17-8-4-2-3-5(11)7(12)6(4)9(13)14-10(8)15-16-17/h2-3H,1H3. The number of hydrogen-bond acceptors (Lipinski definition) is 3. The molecule has 0 aliphatic heterocycles. The van der Waals surface area contributed by atoms with Crippen LogP contribution >= 0.6 is 0 Å². The van der Waals surface area contributed by atoms with Crippen molar-refractivity contribution in [2.24, 2.45) is 7.05 Å². The number of pyridine rings is 1. The third-order valence-corrected chi connectivity index (χ3v) is 2.57. The number of hydrogen-bond donors (Lipinski definition) is 0. The summed E-state index contributed by atoms with van der Waals surface area (Å²) >= 11 is 0. The molecule has 0 N–H and O–H groups in total. The fourth-order valence-corrected chi connectivity index (χ4v) is 1.81. The third-order valence-electron chi connectivity index (χ3n) is 2.57. The van der Waals surface area contributed by atoms with Gasteiger partial charge in [-0.1, -0.05) is 5.21 Å². The van der Waals surface area contributed by atoms with Crippen molar-refractivity contribution >= 4 is 21.9 Å². The monoisotopic (exact) mass is 238 g/mol. The van der Waals surface area contributed by atoms with Gasteiger partial charge in [-0.05, 0) is 12.1 Å². The summed E-state index contributed by atoms with van der Waals surface area (Å²) in [4.78, 5) is 3.46. The van der Waals surface area contributed by atoms with Crippen molar-refractivity contribution in [1.82, 2.24) is 20.0 Å². The first kappa shape index (κ1) is 10.0. The molecule has 4 nitrogen and oxygen atoms in total. The lowest BCUT2D eigenvalue weighted by Crippen LogP contribution is -1.97. The predicted molar refractivity (Wildman–Crippen MR) is 53.7 cm³/mol. The summed E-state index contributed by atoms with van der Waals surface area (Å²) in [7, 11) is 1.57. The van der Waals surface area contributed by atoms with Gasteiger partial charge in [0.25, 0.3) is 0 Å². The van der Waals surface area contributed by atoms with Crippen LogP contribution in [0.3, 0.4) is 0 Å². The molecule has 0 unspecified atom stereocenters. The number of aromatic nitrogens is 4. The second-order valence-electron chi connectivity index (χ2n) is 3.57. The van der Waals surface area contributed by atoms with E-state index >= 15 is 0 Å². The maximum Gasteiger partial charge on any atom is 0.226 e. The summed E-state index contributed by atoms with van der Waals surface area (Å²) < 4.78 is 41.5. The van der Waals surface area contributed by atoms with Gasteiger partial charge in [-0.25, -0.2) is 13.5 Å². The lowest BCUT2D eigenvalue weighted by Gasteiger charge is -2.03. The third kappa shape index (κ3) is 1.22. The van der Waals surface area contributed by atoms with Crippen LogP contribution in [0.4, 0.5) is 13.2 Å². The van der Waals surface area contributed by atoms with Crippen molar-refractivity contribution in [3.05, 3.63) is 29.7 Å². The molecule has 0 saturated carbocycles. The van der Waals surface area contributed by atoms with Crippen LogP contribution in [0.15, 0.2) is 12.1 Å². The number of benzene rings is 1. The lowest BCUT2D eigenvalue weighted by molar-refractivity contribution is 0.509. The topological polar surface area (TPSA) is 43.6 Å². The van der Waals surface area contributed by atoms with Crippen LogP contribution in [-0.4, -0.2) is 20.0 Å². The summed E-state index contributed by atoms with van der Waals surface area (Å²) in [6.45, 7) is 0. The molecule has 2 heterocycles. The SMILES string of the molecule is Cn1nnc2nc(F)c3c(F)c(F)ccc3c21. The molecule has 3 aromatic rings. The van der Waals surface area contributed by atoms with Crippen LogP contribution in [0.25, 0.3) is 21.9 Å². The smallest absolute Gasteiger partial charge is 0.226 e. The molecule has 1 aromatic carbocycles. The van der Waals surface area contributed by atoms with Crippen molar-refractivity contribution < 1.29 is 13.2 Å². The van der Waals surface area contributed by atoms with Gasteiger partial charge in [0.05, 0.1) is 5.39 Å². The second kappa shape index (κ2) is 3.16. The van der Waals surface area contributed by atoms with Crippen molar-refractivity contribution in [2.75, 3.05) is 0 Å². The van der Waals surface area contributed by atoms with Gasteiger partial charge < -0.3 is 0 Å². The minimum Gasteiger partial charge on any atom is -0.245 e. The van der Waals surface area contributed by atoms with E-state index in [1.165, 1.54) is 10.7 Å². The van der Waals surface area contributed by atoms with Gasteiger partial charge in [-0.15, -0.1) is 5.10 Å². The lowest BCUT2D eigenvalue weighted by atomic mass is 10.1. The van der Waals surface area contributed by atoms with E-state index in [9.17, 15) is 13.2 Å². The zero-order valence-electron chi connectivity index (χ0n) is 8.58. The highest BCUT2D eigenvalue weighted by Crippen LogP contribution is 2.27. The van der Waals surface area contributed by atoms with Crippen molar-refractivity contribution in [3.63, 3.8) is 0 Å². The highest BCUT2D eigenvalue weighted by Gasteiger charge is 2.18. The summed E-state index contributed by atoms with van der Waals surface area (Å²) in [6.07, 6.45) is 0. The Labute approximate surface area is 92.7 Å². The predicted octanol–water partition coefficient (Wildman–Crippen LogP) is 1.93. The molecule has 0 fully saturated rings. The number of fused-ring (bicyclic) bond motifs is 3. The molecule has 7 heteroatoms. The molecule has 86 valence electrons. The van der Waals surface area contributed by atoms with Crippen LogP contribution in [0, 0.1) is 17.6 Å². The average molecular weight is 238 g/mol. The van der Waals surface area contributed by atoms with Crippen LogP contribution < -0.4 is 0 Å². The molecule has 0 bridgehead atoms. The Kier molecular flexibility index (Phi) is 1.86. The highest BCUT2D eigenvalue weighted by molar-refractivity contribution is 6.02. The van der Waals surface area contributed by atoms with Crippen molar-refractivity contribution in [2.45, 2.75) is 0 Å². The quantitative estimate of drug-likeness (QED) is 0.562. The fourth-order valence-electron chi connectivity index (χ4n) is 1.81. The summed E-state index contributed by atoms with van der Waals surface area (Å²) in [5, 5.41) is 7.00. The van der Waals surface area contributed by atoms with Crippen LogP contribution in [0.2, 0.25) is 0 Å². The van der Waals surface area contributed by atoms with Gasteiger partial charge >= 0.3 is 0 Å². The first-order valence-corrected chi connectivity index (χ1v) is 4.72. The van der Waals surface area contributed by atoms with Crippen molar-refractivity contribution in [1.29, 1.82) is 0 Å². The Hall–Kier alpha value is -2.18. The van der Waals surface area contributed by atoms with Gasteiger partial charge in [0.15, 0.2) is 11.6 Å². The van der Waals surface area contributed by atoms with Crippen LogP contribution in [-0.2, 0) is 7.05 Å². The second-order valence-corrected chi connectivity index (χ2v) is 3.57. The van der Waals surface area contributed by atoms with Gasteiger partial charge in [0.2, 0.25) is 11.6 Å². The van der Waals surface area contributed by atoms with Crippen LogP contribution in [0.5, 0.6) is 0 Å². The Balaban J connectivity index is 2.66. The molecule has 3 rings (SSSR count). The van der Waals surface area contributed by atoms with E-state index in [0.717, 1.165) is 6.07 Å². The molecule has 0 saturated heterocycles. The largest absolute Gasteiger partial charge is 0.245 e. The van der Waals surface area contributed by atoms with Gasteiger partial charge in [0, 0.05) is 12.4 Å². The minimum atomic E-state index is -1.25. The van der Waals surface area contributed by atoms with E-state index in [1.54, 1.807) is 7.05 Å². The van der Waals surface area contributed by atoms with E-state index in [2.05, 4.69) is 15.3 Å². The fraction of sp³-hybridized carbons (Fsp3) is 0.100. The highest BCUT2D eigenvalue weighted by atomic mass is 19.2. The van der Waals surface area contributed by atoms with Crippen molar-refractivity contribution in [3.8, 4) is 0 Å². The molecule has 0 atom stereocenters. The van der Waals surface area contributed by atoms with E-state index in [4.69, 9.17) is 0 Å². The zero-order valence-corrected chi connectivity index (χ0v) is 8.58. The first-order chi connectivity index (χ1) is 8.09. The molecule has 0 aliphatic carbocycles. The van der Waals surface area contributed by atoms with E-state index in [1.807, 2.05) is 0 Å².